The maximum atomic E-state index is 15.5. The van der Waals surface area contributed by atoms with E-state index in [1.807, 2.05) is 100 Å². The first-order chi connectivity index (χ1) is 27.9. The molecule has 0 spiro atoms. The number of para-hydroxylation sites is 2. The van der Waals surface area contributed by atoms with Crippen molar-refractivity contribution >= 4 is 29.1 Å². The number of nitrogens with zero attached hydrogens (tertiary/aromatic N) is 5. The molecule has 1 fully saturated rings. The highest BCUT2D eigenvalue weighted by Gasteiger charge is 2.35. The maximum absolute atomic E-state index is 15.5. The number of carbonyl (C=O) groups excluding carboxylic acids is 3. The number of ether oxygens (including phenoxy) is 2. The minimum absolute atomic E-state index is 0.0625. The van der Waals surface area contributed by atoms with Gasteiger partial charge in [0.1, 0.15) is 5.75 Å². The highest BCUT2D eigenvalue weighted by molar-refractivity contribution is 6.12. The second-order valence-electron chi connectivity index (χ2n) is 15.1. The Morgan fingerprint density at radius 1 is 0.737 bits per heavy atom. The molecule has 0 saturated carbocycles. The fourth-order valence-electron chi connectivity index (χ4n) is 8.51. The van der Waals surface area contributed by atoms with Gasteiger partial charge >= 0.3 is 6.09 Å². The minimum atomic E-state index is -0.426. The van der Waals surface area contributed by atoms with Gasteiger partial charge in [0.05, 0.1) is 30.0 Å². The number of anilines is 1. The van der Waals surface area contributed by atoms with Crippen LogP contribution in [-0.4, -0.2) is 89.5 Å². The molecule has 2 aromatic heterocycles. The summed E-state index contributed by atoms with van der Waals surface area (Å²) in [5.41, 5.74) is 8.50. The first-order valence-electron chi connectivity index (χ1n) is 19.7. The summed E-state index contributed by atoms with van der Waals surface area (Å²) in [5.74, 6) is 0.261. The van der Waals surface area contributed by atoms with Crippen LogP contribution in [0.4, 0.5) is 10.5 Å². The smallest absolute Gasteiger partial charge is 0.410 e. The molecule has 1 saturated heterocycles. The monoisotopic (exact) mass is 759 g/mol. The van der Waals surface area contributed by atoms with Crippen molar-refractivity contribution in [3.63, 3.8) is 0 Å². The number of fused-ring (bicyclic) bond motifs is 3. The molecular weight excluding hydrogens is 715 g/mol. The van der Waals surface area contributed by atoms with E-state index in [4.69, 9.17) is 9.47 Å². The van der Waals surface area contributed by atoms with Crippen LogP contribution < -0.4 is 9.64 Å². The van der Waals surface area contributed by atoms with Gasteiger partial charge in [-0.15, -0.1) is 0 Å². The highest BCUT2D eigenvalue weighted by atomic mass is 16.6. The predicted octanol–water partition coefficient (Wildman–Crippen LogP) is 7.34. The topological polar surface area (TPSA) is 87.0 Å². The third-order valence-electron chi connectivity index (χ3n) is 11.6. The molecule has 288 valence electrons. The Bertz CT molecular complexity index is 2440. The molecule has 6 aromatic rings. The number of rotatable bonds is 7. The van der Waals surface area contributed by atoms with E-state index in [0.29, 0.717) is 56.1 Å². The third kappa shape index (κ3) is 7.30. The zero-order valence-electron chi connectivity index (χ0n) is 32.1. The summed E-state index contributed by atoms with van der Waals surface area (Å²) in [7, 11) is 1.79. The summed E-state index contributed by atoms with van der Waals surface area (Å²) >= 11 is 0. The molecule has 3 aliphatic heterocycles. The number of amides is 3. The lowest BCUT2D eigenvalue weighted by atomic mass is 9.89. The average Bonchev–Trinajstić information content (AvgIpc) is 3.65. The van der Waals surface area contributed by atoms with Crippen molar-refractivity contribution in [3.05, 3.63) is 161 Å². The average molecular weight is 760 g/mol. The molecule has 10 heteroatoms. The number of carbonyl (C=O) groups is 3. The normalized spacial score (nSPS) is 16.8. The van der Waals surface area contributed by atoms with Crippen LogP contribution in [0.1, 0.15) is 43.0 Å². The molecule has 0 aliphatic carbocycles. The number of benzene rings is 4. The molecule has 0 N–H and O–H groups in total. The Morgan fingerprint density at radius 3 is 2.25 bits per heavy atom. The molecule has 0 bridgehead atoms. The van der Waals surface area contributed by atoms with Crippen LogP contribution in [0.5, 0.6) is 5.75 Å². The first kappa shape index (κ1) is 36.4. The van der Waals surface area contributed by atoms with Crippen molar-refractivity contribution in [1.82, 2.24) is 19.1 Å². The highest BCUT2D eigenvalue weighted by Crippen LogP contribution is 2.36. The van der Waals surface area contributed by atoms with Gasteiger partial charge in [-0.2, -0.15) is 0 Å². The summed E-state index contributed by atoms with van der Waals surface area (Å²) in [6.07, 6.45) is 2.86. The fourth-order valence-corrected chi connectivity index (χ4v) is 8.51. The van der Waals surface area contributed by atoms with E-state index in [0.717, 1.165) is 65.2 Å². The van der Waals surface area contributed by atoms with Crippen LogP contribution in [0, 0.1) is 0 Å². The van der Waals surface area contributed by atoms with E-state index >= 15 is 4.79 Å². The van der Waals surface area contributed by atoms with Gasteiger partial charge in [0, 0.05) is 75.4 Å². The molecular formula is C47H45N5O5. The molecule has 9 rings (SSSR count). The van der Waals surface area contributed by atoms with E-state index in [2.05, 4.69) is 29.2 Å². The number of pyridine rings is 1. The molecule has 10 nitrogen and oxygen atoms in total. The van der Waals surface area contributed by atoms with Gasteiger partial charge in [0.25, 0.3) is 11.8 Å². The zero-order chi connectivity index (χ0) is 38.9. The van der Waals surface area contributed by atoms with Crippen molar-refractivity contribution in [1.29, 1.82) is 0 Å². The van der Waals surface area contributed by atoms with Crippen LogP contribution in [0.3, 0.4) is 0 Å². The van der Waals surface area contributed by atoms with E-state index in [1.54, 1.807) is 29.0 Å². The van der Waals surface area contributed by atoms with E-state index in [9.17, 15) is 9.59 Å². The fraction of sp³-hybridized carbons (Fsp3) is 0.255. The Morgan fingerprint density at radius 2 is 1.46 bits per heavy atom. The lowest BCUT2D eigenvalue weighted by molar-refractivity contribution is 0.0193. The van der Waals surface area contributed by atoms with Gasteiger partial charge in [0.15, 0.2) is 0 Å². The molecule has 4 aromatic carbocycles. The Kier molecular flexibility index (Phi) is 10.0. The molecule has 0 radical (unpaired) electrons. The lowest BCUT2D eigenvalue weighted by Gasteiger charge is -2.41. The van der Waals surface area contributed by atoms with Gasteiger partial charge in [-0.1, -0.05) is 66.7 Å². The number of morpholine rings is 1. The largest absolute Gasteiger partial charge is 0.415 e. The van der Waals surface area contributed by atoms with Gasteiger partial charge in [-0.25, -0.2) is 4.79 Å². The van der Waals surface area contributed by atoms with Crippen molar-refractivity contribution in [2.24, 2.45) is 0 Å². The van der Waals surface area contributed by atoms with Crippen LogP contribution in [0.2, 0.25) is 0 Å². The van der Waals surface area contributed by atoms with Crippen molar-refractivity contribution < 1.29 is 23.9 Å². The molecule has 3 aliphatic rings. The number of hydrogen-bond acceptors (Lipinski definition) is 6. The van der Waals surface area contributed by atoms with Gasteiger partial charge < -0.3 is 28.6 Å². The molecule has 1 atom stereocenters. The van der Waals surface area contributed by atoms with Gasteiger partial charge in [-0.05, 0) is 89.7 Å². The van der Waals surface area contributed by atoms with Crippen molar-refractivity contribution in [2.45, 2.75) is 32.0 Å². The molecule has 0 unspecified atom stereocenters. The molecule has 5 heterocycles. The zero-order valence-corrected chi connectivity index (χ0v) is 32.1. The number of aromatic nitrogens is 1. The lowest BCUT2D eigenvalue weighted by Crippen LogP contribution is -2.52. The first-order valence-corrected chi connectivity index (χ1v) is 19.7. The molecule has 57 heavy (non-hydrogen) atoms. The van der Waals surface area contributed by atoms with E-state index in [-0.39, 0.29) is 17.9 Å². The van der Waals surface area contributed by atoms with Crippen molar-refractivity contribution in [2.75, 3.05) is 51.3 Å². The maximum Gasteiger partial charge on any atom is 0.415 e. The Hall–Kier alpha value is -6.23. The summed E-state index contributed by atoms with van der Waals surface area (Å²) in [4.78, 5) is 50.9. The second kappa shape index (κ2) is 15.7. The Balaban J connectivity index is 1.14. The van der Waals surface area contributed by atoms with Gasteiger partial charge in [0.2, 0.25) is 0 Å². The summed E-state index contributed by atoms with van der Waals surface area (Å²) in [6, 6.07) is 38.9. The van der Waals surface area contributed by atoms with Gasteiger partial charge in [-0.3, -0.25) is 14.5 Å². The quantitative estimate of drug-likeness (QED) is 0.169. The van der Waals surface area contributed by atoms with Crippen LogP contribution >= 0.6 is 0 Å². The second-order valence-corrected chi connectivity index (χ2v) is 15.1. The third-order valence-corrected chi connectivity index (χ3v) is 11.6. The van der Waals surface area contributed by atoms with E-state index < -0.39 is 6.09 Å². The summed E-state index contributed by atoms with van der Waals surface area (Å²) in [5, 5.41) is 0. The van der Waals surface area contributed by atoms with Crippen LogP contribution in [-0.2, 0) is 30.7 Å². The summed E-state index contributed by atoms with van der Waals surface area (Å²) in [6.45, 7) is 5.00. The van der Waals surface area contributed by atoms with Crippen LogP contribution in [0.15, 0.2) is 128 Å². The van der Waals surface area contributed by atoms with Crippen LogP contribution in [0.25, 0.3) is 16.8 Å². The molecule has 3 amide bonds. The minimum Gasteiger partial charge on any atom is -0.410 e. The Labute approximate surface area is 332 Å². The van der Waals surface area contributed by atoms with E-state index in [1.165, 1.54) is 5.56 Å². The number of hydrogen-bond donors (Lipinski definition) is 0. The SMILES string of the molecule is CN(C(=O)c1cc(-c2cc3c(cc2C(=O)N2Cc4ccccc4C[C@H]2CN2CCOCC2)CN(C(=O)Oc2ccccc2)CC3)n2ccccc12)c1ccccc1. The predicted molar refractivity (Wildman–Crippen MR) is 220 cm³/mol. The standard InChI is InChI=1S/C47H45N5O5/c1-48(37-14-4-2-5-15-37)45(53)42-29-44(51-20-11-10-18-43(42)51)40-27-34-19-21-50(47(55)57-39-16-6-3-7-17-39)30-36(34)28-41(40)46(54)52-31-35-13-9-8-12-33(35)26-38(52)32-49-22-24-56-25-23-49/h2-18,20,27-29,38H,19,21-26,30-32H2,1H3/t38-/m0/s1. The van der Waals surface area contributed by atoms with Crippen molar-refractivity contribution in [3.8, 4) is 17.0 Å². The summed E-state index contributed by atoms with van der Waals surface area (Å²) < 4.78 is 13.4.